The van der Waals surface area contributed by atoms with Crippen LogP contribution in [0.5, 0.6) is 0 Å². The maximum Gasteiger partial charge on any atom is 0.330 e. The van der Waals surface area contributed by atoms with Gasteiger partial charge in [0.25, 0.3) is 5.56 Å². The van der Waals surface area contributed by atoms with Crippen LogP contribution in [0.2, 0.25) is 0 Å². The van der Waals surface area contributed by atoms with E-state index in [2.05, 4.69) is 42.2 Å². The van der Waals surface area contributed by atoms with Crippen LogP contribution in [-0.4, -0.2) is 200 Å². The highest BCUT2D eigenvalue weighted by atomic mass is 16.7. The number of methoxy groups -OCH3 is 1. The Morgan fingerprint density at radius 2 is 1.58 bits per heavy atom. The predicted octanol–water partition coefficient (Wildman–Crippen LogP) is -5.77. The first-order valence-electron chi connectivity index (χ1n) is 23.2. The third kappa shape index (κ3) is 15.5. The van der Waals surface area contributed by atoms with Gasteiger partial charge in [0.15, 0.2) is 24.3 Å². The number of ketones is 1. The number of aromatic nitrogens is 2. The molecule has 0 aromatic carbocycles. The zero-order chi connectivity index (χ0) is 53.7. The van der Waals surface area contributed by atoms with Gasteiger partial charge in [0, 0.05) is 44.7 Å². The number of carbonyl (C=O) groups excluding carboxylic acids is 4. The van der Waals surface area contributed by atoms with Gasteiger partial charge in [0.1, 0.15) is 66.9 Å². The van der Waals surface area contributed by atoms with E-state index in [9.17, 15) is 69.0 Å². The van der Waals surface area contributed by atoms with E-state index in [1.165, 1.54) is 20.1 Å². The summed E-state index contributed by atoms with van der Waals surface area (Å²) >= 11 is 0. The highest BCUT2D eigenvalue weighted by molar-refractivity contribution is 5.94. The number of aliphatic imine (C=N–C) groups is 1. The first kappa shape index (κ1) is 58.5. The van der Waals surface area contributed by atoms with Crippen molar-refractivity contribution >= 4 is 41.5 Å². The minimum Gasteiger partial charge on any atom is -0.480 e. The number of urea groups is 1. The Kier molecular flexibility index (Phi) is 21.6. The molecule has 2 fully saturated rings. The first-order chi connectivity index (χ1) is 33.9. The number of ether oxygens (including phenoxy) is 4. The van der Waals surface area contributed by atoms with Crippen molar-refractivity contribution in [2.45, 2.75) is 146 Å². The Hall–Kier alpha value is -6.05. The van der Waals surface area contributed by atoms with Crippen LogP contribution in [0.4, 0.5) is 4.79 Å². The number of allylic oxidation sites excluding steroid dienone is 2. The van der Waals surface area contributed by atoms with Crippen LogP contribution in [0.15, 0.2) is 38.6 Å². The fraction of sp³-hybridized carbons (Fsp3) is 0.698. The second-order valence-corrected chi connectivity index (χ2v) is 18.2. The third-order valence-corrected chi connectivity index (χ3v) is 12.0. The number of H-pyrrole nitrogens is 1. The number of amides is 4. The van der Waals surface area contributed by atoms with Crippen molar-refractivity contribution in [1.82, 2.24) is 46.8 Å². The number of nitrogens with two attached hydrogens (primary N) is 1. The molecule has 72 heavy (non-hydrogen) atoms. The van der Waals surface area contributed by atoms with E-state index < -0.39 is 144 Å². The lowest BCUT2D eigenvalue weighted by Gasteiger charge is -2.34. The molecule has 4 rings (SSSR count). The van der Waals surface area contributed by atoms with Gasteiger partial charge in [-0.1, -0.05) is 27.7 Å². The number of carboxylic acids is 2. The van der Waals surface area contributed by atoms with Gasteiger partial charge in [-0.25, -0.2) is 14.4 Å². The predicted molar refractivity (Wildman–Crippen MR) is 250 cm³/mol. The SMILES string of the molecule is CO[C@H]1[C@H](OC([C@H](NCCCNC(=O)[C@@H](NC(=O)[C@@H](NC(=O)N[C@H](C(=O)O)C(C)C)[C@@H]2CCN=C(N)N2)[C@@H](O)C(C)C)C(=O)O)[C@H]2O[C@@H](n3ccc(=O)[nH]c3=O)[C@H](O)[C@@H]2O)O[C@H](CNC(C)=CC(C)=O)[C@H]1O. The van der Waals surface area contributed by atoms with Crippen LogP contribution < -0.4 is 54.2 Å². The number of hydrogen-bond acceptors (Lipinski definition) is 21. The number of guanidine groups is 1. The monoisotopic (exact) mass is 1030 g/mol. The average Bonchev–Trinajstić information content (AvgIpc) is 3.77. The van der Waals surface area contributed by atoms with Crippen molar-refractivity contribution in [1.29, 1.82) is 0 Å². The summed E-state index contributed by atoms with van der Waals surface area (Å²) in [6.45, 7) is 8.89. The molecule has 2 saturated heterocycles. The summed E-state index contributed by atoms with van der Waals surface area (Å²) in [5.74, 6) is -6.18. The number of aliphatic carboxylic acids is 2. The van der Waals surface area contributed by atoms with Crippen LogP contribution in [0.25, 0.3) is 0 Å². The van der Waals surface area contributed by atoms with Crippen LogP contribution in [0.3, 0.4) is 0 Å². The number of aliphatic hydroxyl groups excluding tert-OH is 4. The minimum atomic E-state index is -1.95. The normalized spacial score (nSPS) is 26.8. The fourth-order valence-corrected chi connectivity index (χ4v) is 8.18. The number of carboxylic acid groups (broad SMARTS) is 2. The number of aliphatic hydroxyl groups is 4. The Morgan fingerprint density at radius 3 is 2.17 bits per heavy atom. The molecule has 0 radical (unpaired) electrons. The molecule has 3 aliphatic heterocycles. The summed E-state index contributed by atoms with van der Waals surface area (Å²) < 4.78 is 24.3. The van der Waals surface area contributed by atoms with Gasteiger partial charge >= 0.3 is 23.7 Å². The van der Waals surface area contributed by atoms with Gasteiger partial charge in [-0.15, -0.1) is 0 Å². The van der Waals surface area contributed by atoms with Crippen molar-refractivity contribution in [2.24, 2.45) is 22.6 Å². The lowest BCUT2D eigenvalue weighted by atomic mass is 9.97. The summed E-state index contributed by atoms with van der Waals surface area (Å²) in [7, 11) is 1.22. The van der Waals surface area contributed by atoms with Crippen LogP contribution >= 0.6 is 0 Å². The number of aromatic amines is 1. The van der Waals surface area contributed by atoms with E-state index in [1.54, 1.807) is 34.6 Å². The van der Waals surface area contributed by atoms with Crippen LogP contribution in [0, 0.1) is 11.8 Å². The van der Waals surface area contributed by atoms with Crippen molar-refractivity contribution < 1.29 is 78.4 Å². The molecule has 15 atom stereocenters. The molecule has 0 saturated carbocycles. The Morgan fingerprint density at radius 1 is 0.903 bits per heavy atom. The summed E-state index contributed by atoms with van der Waals surface area (Å²) in [6.07, 6.45) is -13.5. The van der Waals surface area contributed by atoms with E-state index in [0.717, 1.165) is 16.8 Å². The number of hydrogen-bond donors (Lipinski definition) is 15. The second-order valence-electron chi connectivity index (χ2n) is 18.2. The van der Waals surface area contributed by atoms with Crippen LogP contribution in [-0.2, 0) is 42.9 Å². The van der Waals surface area contributed by atoms with Gasteiger partial charge in [-0.05, 0) is 51.1 Å². The van der Waals surface area contributed by atoms with Crippen LogP contribution in [0.1, 0.15) is 60.6 Å². The molecule has 1 unspecified atom stereocenters. The standard InChI is InChI=1S/C43H69N11O18/c1-17(2)24(38(63)64)52-42(67)53-25(21-9-13-47-41(44)49-21)36(62)51-26(28(57)18(3)4)35(61)46-12-8-11-45-27(39(65)66)32(33-30(59)31(60)37(71-33)54-14-10-23(56)50-43(54)68)72-40-34(69-7)29(58)22(70-40)16-48-19(5)15-20(6)55/h10,14-15,17-18,21-22,24-34,37,40,45,48,57-60H,8-9,11-13,16H2,1-7H3,(H,46,61)(H,51,62)(H,63,64)(H,65,66)(H3,44,47,49)(H,50,56,68)(H2,52,53,67)/t21-,22+,24-,25-,26-,27-,28-,29+,30-,31+,32?,33-,34+,37+,40-/m0/s1. The second kappa shape index (κ2) is 26.6. The number of nitrogens with zero attached hydrogens (tertiary/aromatic N) is 2. The Balaban J connectivity index is 1.53. The zero-order valence-corrected chi connectivity index (χ0v) is 40.8. The number of rotatable bonds is 26. The first-order valence-corrected chi connectivity index (χ1v) is 23.2. The smallest absolute Gasteiger partial charge is 0.330 e. The van der Waals surface area contributed by atoms with Gasteiger partial charge in [0.2, 0.25) is 11.8 Å². The van der Waals surface area contributed by atoms with E-state index in [-0.39, 0.29) is 50.8 Å². The molecule has 1 aromatic heterocycles. The van der Waals surface area contributed by atoms with E-state index in [4.69, 9.17) is 24.7 Å². The molecule has 0 spiro atoms. The molecule has 16 N–H and O–H groups in total. The highest BCUT2D eigenvalue weighted by Gasteiger charge is 2.54. The molecule has 404 valence electrons. The molecular formula is C43H69N11O18. The topological polar surface area (TPSA) is 438 Å². The van der Waals surface area contributed by atoms with Crippen molar-refractivity contribution in [2.75, 3.05) is 33.3 Å². The average molecular weight is 1030 g/mol. The van der Waals surface area contributed by atoms with E-state index >= 15 is 0 Å². The highest BCUT2D eigenvalue weighted by Crippen LogP contribution is 2.35. The lowest BCUT2D eigenvalue weighted by Crippen LogP contribution is -2.66. The third-order valence-electron chi connectivity index (χ3n) is 12.0. The summed E-state index contributed by atoms with van der Waals surface area (Å²) in [6, 6.07) is -7.22. The molecular weight excluding hydrogens is 959 g/mol. The van der Waals surface area contributed by atoms with E-state index in [1.807, 2.05) is 4.98 Å². The fourth-order valence-electron chi connectivity index (χ4n) is 8.18. The van der Waals surface area contributed by atoms with Crippen molar-refractivity contribution in [3.63, 3.8) is 0 Å². The van der Waals surface area contributed by atoms with Gasteiger partial charge in [-0.2, -0.15) is 0 Å². The van der Waals surface area contributed by atoms with Gasteiger partial charge < -0.3 is 92.5 Å². The molecule has 1 aromatic rings. The zero-order valence-electron chi connectivity index (χ0n) is 40.8. The Bertz CT molecular complexity index is 2240. The maximum absolute atomic E-state index is 14.0. The summed E-state index contributed by atoms with van der Waals surface area (Å²) in [5, 5.41) is 83.4. The number of nitrogens with one attached hydrogen (secondary N) is 8. The summed E-state index contributed by atoms with van der Waals surface area (Å²) in [4.78, 5) is 108. The Labute approximate surface area is 412 Å². The van der Waals surface area contributed by atoms with Crippen molar-refractivity contribution in [3.8, 4) is 0 Å². The largest absolute Gasteiger partial charge is 0.480 e. The molecule has 29 heteroatoms. The quantitative estimate of drug-likeness (QED) is 0.0304. The van der Waals surface area contributed by atoms with Crippen molar-refractivity contribution in [3.05, 3.63) is 44.9 Å². The maximum atomic E-state index is 14.0. The van der Waals surface area contributed by atoms with E-state index in [0.29, 0.717) is 5.70 Å². The molecule has 4 heterocycles. The van der Waals surface area contributed by atoms with Gasteiger partial charge in [0.05, 0.1) is 12.1 Å². The molecule has 29 nitrogen and oxygen atoms in total. The molecule has 4 amide bonds. The summed E-state index contributed by atoms with van der Waals surface area (Å²) in [5.41, 5.74) is 4.49. The van der Waals surface area contributed by atoms with Gasteiger partial charge in [-0.3, -0.25) is 38.5 Å². The number of carbonyl (C=O) groups is 6. The molecule has 0 bridgehead atoms. The minimum absolute atomic E-state index is 0.0391. The molecule has 0 aliphatic carbocycles. The molecule has 3 aliphatic rings. The lowest BCUT2D eigenvalue weighted by molar-refractivity contribution is -0.231.